The van der Waals surface area contributed by atoms with E-state index in [1.54, 1.807) is 29.2 Å². The molecule has 2 rings (SSSR count). The molecular weight excluding hydrogens is 248 g/mol. The Balaban J connectivity index is 2.12. The van der Waals surface area contributed by atoms with E-state index in [0.717, 1.165) is 0 Å². The largest absolute Gasteiger partial charge is 0.362 e. The molecule has 1 N–H and O–H groups in total. The standard InChI is InChI=1S/C11H10N6O2/c12-8-9-2-4-13-11(10(9)17(18)19)14-5-7-16-6-1-3-15-16/h1-4,6H,5,7H2,(H,13,14). The van der Waals surface area contributed by atoms with Gasteiger partial charge in [-0.2, -0.15) is 10.4 Å². The van der Waals surface area contributed by atoms with E-state index in [0.29, 0.717) is 13.1 Å². The topological polar surface area (TPSA) is 110 Å². The SMILES string of the molecule is N#Cc1ccnc(NCCn2cccn2)c1[N+](=O)[O-]. The molecule has 0 bridgehead atoms. The van der Waals surface area contributed by atoms with E-state index in [-0.39, 0.29) is 17.1 Å². The Hall–Kier alpha value is -2.95. The minimum atomic E-state index is -0.609. The summed E-state index contributed by atoms with van der Waals surface area (Å²) in [4.78, 5) is 14.2. The summed E-state index contributed by atoms with van der Waals surface area (Å²) >= 11 is 0. The van der Waals surface area contributed by atoms with Crippen molar-refractivity contribution in [3.63, 3.8) is 0 Å². The van der Waals surface area contributed by atoms with Crippen molar-refractivity contribution in [3.8, 4) is 6.07 Å². The average Bonchev–Trinajstić information content (AvgIpc) is 2.91. The van der Waals surface area contributed by atoms with Crippen molar-refractivity contribution in [1.82, 2.24) is 14.8 Å². The van der Waals surface area contributed by atoms with Crippen molar-refractivity contribution in [2.45, 2.75) is 6.54 Å². The van der Waals surface area contributed by atoms with Gasteiger partial charge >= 0.3 is 5.69 Å². The third-order valence-corrected chi connectivity index (χ3v) is 2.42. The van der Waals surface area contributed by atoms with Gasteiger partial charge in [0, 0.05) is 25.1 Å². The summed E-state index contributed by atoms with van der Waals surface area (Å²) in [5.41, 5.74) is -0.313. The molecule has 0 aliphatic rings. The first kappa shape index (κ1) is 12.5. The van der Waals surface area contributed by atoms with E-state index in [2.05, 4.69) is 15.4 Å². The molecule has 2 heterocycles. The van der Waals surface area contributed by atoms with Gasteiger partial charge in [-0.15, -0.1) is 0 Å². The lowest BCUT2D eigenvalue weighted by Gasteiger charge is -2.06. The molecule has 0 aromatic carbocycles. The van der Waals surface area contributed by atoms with Gasteiger partial charge in [0.1, 0.15) is 11.6 Å². The highest BCUT2D eigenvalue weighted by molar-refractivity contribution is 5.63. The van der Waals surface area contributed by atoms with Crippen molar-refractivity contribution < 1.29 is 4.92 Å². The second-order valence-corrected chi connectivity index (χ2v) is 3.62. The van der Waals surface area contributed by atoms with Crippen LogP contribution >= 0.6 is 0 Å². The summed E-state index contributed by atoms with van der Waals surface area (Å²) in [7, 11) is 0. The number of nitriles is 1. The molecule has 96 valence electrons. The molecule has 0 amide bonds. The number of pyridine rings is 1. The fraction of sp³-hybridized carbons (Fsp3) is 0.182. The van der Waals surface area contributed by atoms with Crippen LogP contribution in [0.3, 0.4) is 0 Å². The molecule has 8 heteroatoms. The molecule has 8 nitrogen and oxygen atoms in total. The second kappa shape index (κ2) is 5.59. The number of aromatic nitrogens is 3. The summed E-state index contributed by atoms with van der Waals surface area (Å²) < 4.78 is 1.69. The quantitative estimate of drug-likeness (QED) is 0.636. The van der Waals surface area contributed by atoms with Gasteiger partial charge in [-0.25, -0.2) is 4.98 Å². The van der Waals surface area contributed by atoms with Crippen LogP contribution in [0, 0.1) is 21.4 Å². The Morgan fingerprint density at radius 1 is 1.53 bits per heavy atom. The molecular formula is C11H10N6O2. The molecule has 0 atom stereocenters. The normalized spacial score (nSPS) is 9.84. The Labute approximate surface area is 108 Å². The van der Waals surface area contributed by atoms with Crippen molar-refractivity contribution in [1.29, 1.82) is 5.26 Å². The lowest BCUT2D eigenvalue weighted by molar-refractivity contribution is -0.384. The fourth-order valence-corrected chi connectivity index (χ4v) is 1.58. The lowest BCUT2D eigenvalue weighted by Crippen LogP contribution is -2.13. The maximum absolute atomic E-state index is 11.0. The summed E-state index contributed by atoms with van der Waals surface area (Å²) in [5, 5.41) is 26.6. The van der Waals surface area contributed by atoms with E-state index >= 15 is 0 Å². The highest BCUT2D eigenvalue weighted by atomic mass is 16.6. The van der Waals surface area contributed by atoms with Crippen LogP contribution in [0.15, 0.2) is 30.7 Å². The van der Waals surface area contributed by atoms with Crippen LogP contribution in [0.5, 0.6) is 0 Å². The third kappa shape index (κ3) is 2.84. The van der Waals surface area contributed by atoms with Gasteiger partial charge in [-0.05, 0) is 12.1 Å². The fourth-order valence-electron chi connectivity index (χ4n) is 1.58. The molecule has 2 aromatic heterocycles. The molecule has 0 fully saturated rings. The van der Waals surface area contributed by atoms with Gasteiger partial charge in [0.15, 0.2) is 0 Å². The van der Waals surface area contributed by atoms with Crippen LogP contribution < -0.4 is 5.32 Å². The molecule has 0 aliphatic carbocycles. The maximum atomic E-state index is 11.0. The van der Waals surface area contributed by atoms with Crippen molar-refractivity contribution in [2.24, 2.45) is 0 Å². The predicted octanol–water partition coefficient (Wildman–Crippen LogP) is 1.17. The van der Waals surface area contributed by atoms with Gasteiger partial charge in [0.25, 0.3) is 0 Å². The van der Waals surface area contributed by atoms with E-state index in [9.17, 15) is 10.1 Å². The van der Waals surface area contributed by atoms with E-state index in [1.807, 2.05) is 0 Å². The Morgan fingerprint density at radius 3 is 3.00 bits per heavy atom. The smallest absolute Gasteiger partial charge is 0.328 e. The van der Waals surface area contributed by atoms with Gasteiger partial charge in [-0.1, -0.05) is 0 Å². The zero-order valence-corrected chi connectivity index (χ0v) is 9.85. The number of nitrogens with zero attached hydrogens (tertiary/aromatic N) is 5. The number of nitrogens with one attached hydrogen (secondary N) is 1. The number of nitro groups is 1. The molecule has 0 saturated carbocycles. The zero-order valence-electron chi connectivity index (χ0n) is 9.85. The van der Waals surface area contributed by atoms with Crippen LogP contribution in [0.2, 0.25) is 0 Å². The van der Waals surface area contributed by atoms with Crippen molar-refractivity contribution in [2.75, 3.05) is 11.9 Å². The molecule has 0 radical (unpaired) electrons. The monoisotopic (exact) mass is 258 g/mol. The zero-order chi connectivity index (χ0) is 13.7. The number of rotatable bonds is 5. The first-order valence-corrected chi connectivity index (χ1v) is 5.47. The summed E-state index contributed by atoms with van der Waals surface area (Å²) in [5.74, 6) is 0.0937. The summed E-state index contributed by atoms with van der Waals surface area (Å²) in [6.07, 6.45) is 4.80. The van der Waals surface area contributed by atoms with Gasteiger partial charge < -0.3 is 5.32 Å². The van der Waals surface area contributed by atoms with E-state index in [1.165, 1.54) is 12.3 Å². The highest BCUT2D eigenvalue weighted by Gasteiger charge is 2.20. The predicted molar refractivity (Wildman–Crippen MR) is 66.3 cm³/mol. The van der Waals surface area contributed by atoms with Crippen molar-refractivity contribution in [3.05, 3.63) is 46.4 Å². The van der Waals surface area contributed by atoms with E-state index < -0.39 is 4.92 Å². The van der Waals surface area contributed by atoms with Crippen LogP contribution in [0.25, 0.3) is 0 Å². The lowest BCUT2D eigenvalue weighted by atomic mass is 10.2. The first-order valence-electron chi connectivity index (χ1n) is 5.47. The molecule has 2 aromatic rings. The number of hydrogen-bond donors (Lipinski definition) is 1. The van der Waals surface area contributed by atoms with E-state index in [4.69, 9.17) is 5.26 Å². The third-order valence-electron chi connectivity index (χ3n) is 2.42. The van der Waals surface area contributed by atoms with Crippen LogP contribution in [0.4, 0.5) is 11.5 Å². The van der Waals surface area contributed by atoms with Gasteiger partial charge in [-0.3, -0.25) is 14.8 Å². The number of hydrogen-bond acceptors (Lipinski definition) is 6. The first-order chi connectivity index (χ1) is 9.22. The minimum Gasteiger partial charge on any atom is -0.362 e. The Morgan fingerprint density at radius 2 is 2.37 bits per heavy atom. The molecule has 19 heavy (non-hydrogen) atoms. The average molecular weight is 258 g/mol. The molecule has 0 spiro atoms. The number of anilines is 1. The van der Waals surface area contributed by atoms with Gasteiger partial charge in [0.2, 0.25) is 5.82 Å². The van der Waals surface area contributed by atoms with Crippen molar-refractivity contribution >= 4 is 11.5 Å². The maximum Gasteiger partial charge on any atom is 0.328 e. The second-order valence-electron chi connectivity index (χ2n) is 3.62. The summed E-state index contributed by atoms with van der Waals surface area (Å²) in [6, 6.07) is 4.89. The Bertz CT molecular complexity index is 617. The molecule has 0 saturated heterocycles. The highest BCUT2D eigenvalue weighted by Crippen LogP contribution is 2.25. The minimum absolute atomic E-state index is 0.0124. The Kier molecular flexibility index (Phi) is 3.68. The van der Waals surface area contributed by atoms with Gasteiger partial charge in [0.05, 0.1) is 11.5 Å². The molecule has 0 unspecified atom stereocenters. The van der Waals surface area contributed by atoms with Crippen LogP contribution in [0.1, 0.15) is 5.56 Å². The molecule has 0 aliphatic heterocycles. The van der Waals surface area contributed by atoms with Crippen LogP contribution in [-0.2, 0) is 6.54 Å². The summed E-state index contributed by atoms with van der Waals surface area (Å²) in [6.45, 7) is 0.965. The van der Waals surface area contributed by atoms with Crippen LogP contribution in [-0.4, -0.2) is 26.2 Å².